The van der Waals surface area contributed by atoms with E-state index in [1.54, 1.807) is 0 Å². The minimum atomic E-state index is 1.19. The Kier molecular flexibility index (Phi) is 2.18. The van der Waals surface area contributed by atoms with Crippen LogP contribution >= 0.6 is 0 Å². The summed E-state index contributed by atoms with van der Waals surface area (Å²) in [5.41, 5.74) is 7.27. The van der Waals surface area contributed by atoms with Crippen molar-refractivity contribution in [3.05, 3.63) is 107 Å². The van der Waals surface area contributed by atoms with Gasteiger partial charge in [0.05, 0.1) is 0 Å². The Labute approximate surface area is 140 Å². The molecule has 0 unspecified atom stereocenters. The van der Waals surface area contributed by atoms with E-state index in [9.17, 15) is 0 Å². The number of rotatable bonds is 0. The van der Waals surface area contributed by atoms with Gasteiger partial charge >= 0.3 is 0 Å². The molecule has 0 amide bonds. The standard InChI is InChI=1S/C24H12/c1-3-7-17-11-21-19(9-15(17)5-1)13-23-22-12-18-8-4-2-6-16(18)10-20(22)14-24(21)23/h1-12H. The molecule has 0 bridgehead atoms. The highest BCUT2D eigenvalue weighted by molar-refractivity contribution is 6.15. The number of allylic oxidation sites excluding steroid dienone is 2. The Morgan fingerprint density at radius 2 is 0.833 bits per heavy atom. The minimum absolute atomic E-state index is 1.19. The van der Waals surface area contributed by atoms with E-state index in [1.165, 1.54) is 54.9 Å². The Hall–Kier alpha value is -3.12. The molecule has 0 spiro atoms. The molecule has 0 saturated carbocycles. The fraction of sp³-hybridized carbons (Fsp3) is 0. The normalized spacial score (nSPS) is 14.3. The van der Waals surface area contributed by atoms with Gasteiger partial charge in [0.1, 0.15) is 0 Å². The van der Waals surface area contributed by atoms with E-state index in [2.05, 4.69) is 84.9 Å². The second-order valence-corrected chi connectivity index (χ2v) is 6.49. The van der Waals surface area contributed by atoms with Crippen molar-refractivity contribution in [3.8, 4) is 0 Å². The summed E-state index contributed by atoms with van der Waals surface area (Å²) in [6, 6.07) is 26.1. The molecule has 4 aromatic carbocycles. The summed E-state index contributed by atoms with van der Waals surface area (Å²) in [7, 11) is 0. The average Bonchev–Trinajstić information content (AvgIpc) is 3.13. The van der Waals surface area contributed by atoms with Gasteiger partial charge in [-0.1, -0.05) is 48.5 Å². The van der Waals surface area contributed by atoms with Crippen LogP contribution in [0, 0.1) is 12.2 Å². The average molecular weight is 300 g/mol. The van der Waals surface area contributed by atoms with Crippen LogP contribution in [0.15, 0.2) is 72.8 Å². The van der Waals surface area contributed by atoms with E-state index < -0.39 is 0 Å². The SMILES string of the molecule is [C]1=C2C(=[C]c3cc4ccccc4cc32)c2cc3ccccc3cc21. The van der Waals surface area contributed by atoms with Gasteiger partial charge in [-0.05, 0) is 91.4 Å². The van der Waals surface area contributed by atoms with Crippen LogP contribution in [0.1, 0.15) is 22.3 Å². The molecule has 2 aliphatic carbocycles. The molecule has 0 fully saturated rings. The predicted molar refractivity (Wildman–Crippen MR) is 99.4 cm³/mol. The van der Waals surface area contributed by atoms with Crippen LogP contribution in [0.4, 0.5) is 0 Å². The van der Waals surface area contributed by atoms with Crippen LogP contribution in [-0.2, 0) is 0 Å². The summed E-state index contributed by atoms with van der Waals surface area (Å²) in [6.45, 7) is 0. The predicted octanol–water partition coefficient (Wildman–Crippen LogP) is 5.79. The molecule has 24 heavy (non-hydrogen) atoms. The molecule has 0 heteroatoms. The highest BCUT2D eigenvalue weighted by Crippen LogP contribution is 2.47. The Balaban J connectivity index is 1.63. The first-order chi connectivity index (χ1) is 11.9. The molecular weight excluding hydrogens is 288 g/mol. The van der Waals surface area contributed by atoms with Gasteiger partial charge in [-0.2, -0.15) is 0 Å². The first-order valence-corrected chi connectivity index (χ1v) is 8.21. The van der Waals surface area contributed by atoms with Crippen LogP contribution < -0.4 is 0 Å². The summed E-state index contributed by atoms with van der Waals surface area (Å²) in [5.74, 6) is 0. The van der Waals surface area contributed by atoms with Gasteiger partial charge in [0.2, 0.25) is 0 Å². The van der Waals surface area contributed by atoms with Gasteiger partial charge in [-0.3, -0.25) is 0 Å². The molecule has 0 saturated heterocycles. The lowest BCUT2D eigenvalue weighted by Gasteiger charge is -2.04. The molecular formula is C24H12. The molecule has 0 aromatic heterocycles. The van der Waals surface area contributed by atoms with Gasteiger partial charge in [0.25, 0.3) is 0 Å². The Morgan fingerprint density at radius 3 is 1.25 bits per heavy atom. The molecule has 0 aliphatic heterocycles. The zero-order chi connectivity index (χ0) is 15.7. The molecule has 2 aliphatic rings. The smallest absolute Gasteiger partial charge is 0.000695 e. The van der Waals surface area contributed by atoms with Crippen molar-refractivity contribution in [1.82, 2.24) is 0 Å². The number of fused-ring (bicyclic) bond motifs is 7. The zero-order valence-corrected chi connectivity index (χ0v) is 12.9. The maximum Gasteiger partial charge on any atom is -0.000695 e. The minimum Gasteiger partial charge on any atom is -0.0616 e. The molecule has 0 nitrogen and oxygen atoms in total. The summed E-state index contributed by atoms with van der Waals surface area (Å²) in [5, 5.41) is 5.08. The lowest BCUT2D eigenvalue weighted by Crippen LogP contribution is -1.83. The lowest BCUT2D eigenvalue weighted by atomic mass is 9.99. The zero-order valence-electron chi connectivity index (χ0n) is 12.9. The van der Waals surface area contributed by atoms with Gasteiger partial charge in [0.15, 0.2) is 0 Å². The molecule has 0 N–H and O–H groups in total. The highest BCUT2D eigenvalue weighted by atomic mass is 14.3. The number of hydrogen-bond acceptors (Lipinski definition) is 0. The van der Waals surface area contributed by atoms with Crippen LogP contribution in [0.5, 0.6) is 0 Å². The molecule has 0 heterocycles. The monoisotopic (exact) mass is 300 g/mol. The molecule has 6 rings (SSSR count). The Bertz CT molecular complexity index is 1140. The summed E-state index contributed by atoms with van der Waals surface area (Å²) < 4.78 is 0. The van der Waals surface area contributed by atoms with Crippen molar-refractivity contribution in [2.24, 2.45) is 0 Å². The third kappa shape index (κ3) is 1.53. The fourth-order valence-corrected chi connectivity index (χ4v) is 3.90. The topological polar surface area (TPSA) is 0 Å². The molecule has 2 radical (unpaired) electrons. The molecule has 108 valence electrons. The summed E-state index contributed by atoms with van der Waals surface area (Å²) in [6.07, 6.45) is 7.25. The second kappa shape index (κ2) is 4.24. The van der Waals surface area contributed by atoms with Crippen LogP contribution in [0.3, 0.4) is 0 Å². The van der Waals surface area contributed by atoms with Crippen molar-refractivity contribution in [2.45, 2.75) is 0 Å². The van der Waals surface area contributed by atoms with Gasteiger partial charge < -0.3 is 0 Å². The van der Waals surface area contributed by atoms with Crippen molar-refractivity contribution in [1.29, 1.82) is 0 Å². The Morgan fingerprint density at radius 1 is 0.458 bits per heavy atom. The third-order valence-corrected chi connectivity index (χ3v) is 5.08. The maximum atomic E-state index is 3.63. The van der Waals surface area contributed by atoms with E-state index in [1.807, 2.05) is 0 Å². The van der Waals surface area contributed by atoms with Crippen molar-refractivity contribution < 1.29 is 0 Å². The summed E-state index contributed by atoms with van der Waals surface area (Å²) in [4.78, 5) is 0. The summed E-state index contributed by atoms with van der Waals surface area (Å²) >= 11 is 0. The van der Waals surface area contributed by atoms with Crippen molar-refractivity contribution in [2.75, 3.05) is 0 Å². The first kappa shape index (κ1) is 12.3. The third-order valence-electron chi connectivity index (χ3n) is 5.08. The quantitative estimate of drug-likeness (QED) is 0.385. The largest absolute Gasteiger partial charge is 0.0616 e. The van der Waals surface area contributed by atoms with E-state index in [-0.39, 0.29) is 0 Å². The maximum absolute atomic E-state index is 3.63. The van der Waals surface area contributed by atoms with E-state index in [4.69, 9.17) is 0 Å². The van der Waals surface area contributed by atoms with Crippen molar-refractivity contribution in [3.63, 3.8) is 0 Å². The van der Waals surface area contributed by atoms with E-state index >= 15 is 0 Å². The van der Waals surface area contributed by atoms with Crippen molar-refractivity contribution >= 4 is 32.7 Å². The molecule has 0 atom stereocenters. The van der Waals surface area contributed by atoms with Gasteiger partial charge in [-0.25, -0.2) is 0 Å². The van der Waals surface area contributed by atoms with Gasteiger partial charge in [0, 0.05) is 0 Å². The van der Waals surface area contributed by atoms with Gasteiger partial charge in [-0.15, -0.1) is 0 Å². The van der Waals surface area contributed by atoms with E-state index in [0.29, 0.717) is 0 Å². The second-order valence-electron chi connectivity index (χ2n) is 6.49. The number of hydrogen-bond donors (Lipinski definition) is 0. The highest BCUT2D eigenvalue weighted by Gasteiger charge is 2.28. The first-order valence-electron chi connectivity index (χ1n) is 8.21. The van der Waals surface area contributed by atoms with Crippen LogP contribution in [-0.4, -0.2) is 0 Å². The fourth-order valence-electron chi connectivity index (χ4n) is 3.90. The van der Waals surface area contributed by atoms with Crippen LogP contribution in [0.2, 0.25) is 0 Å². The van der Waals surface area contributed by atoms with Crippen LogP contribution in [0.25, 0.3) is 32.7 Å². The number of benzene rings is 4. The van der Waals surface area contributed by atoms with E-state index in [0.717, 1.165) is 0 Å². The molecule has 4 aromatic rings. The lowest BCUT2D eigenvalue weighted by molar-refractivity contribution is 1.57.